The molecule has 15 heteroatoms. The van der Waals surface area contributed by atoms with Gasteiger partial charge in [0.25, 0.3) is 5.91 Å². The normalized spacial score (nSPS) is 11.7. The maximum atomic E-state index is 14.0. The number of nitrogens with zero attached hydrogens (tertiary/aromatic N) is 1. The first-order valence-corrected chi connectivity index (χ1v) is 9.88. The fourth-order valence-corrected chi connectivity index (χ4v) is 3.12. The SMILES string of the molecule is N[C@@H](CCN(Cc1cc(F)c(F)c(B(O)O)c1)C(=O)c1cc(F)cc(B(O)O)c1)C(=O)NCO. The summed E-state index contributed by atoms with van der Waals surface area (Å²) in [4.78, 5) is 25.9. The number of amides is 2. The number of halogens is 3. The molecule has 2 aromatic rings. The Balaban J connectivity index is 2.40. The molecule has 0 spiro atoms. The van der Waals surface area contributed by atoms with E-state index in [4.69, 9.17) is 10.8 Å². The maximum absolute atomic E-state index is 14.0. The van der Waals surface area contributed by atoms with Crippen LogP contribution in [0.2, 0.25) is 0 Å². The van der Waals surface area contributed by atoms with Crippen molar-refractivity contribution in [1.29, 1.82) is 0 Å². The number of nitrogens with one attached hydrogen (secondary N) is 1. The molecule has 2 amide bonds. The zero-order valence-electron chi connectivity index (χ0n) is 17.7. The van der Waals surface area contributed by atoms with E-state index < -0.39 is 68.3 Å². The molecule has 10 nitrogen and oxygen atoms in total. The molecule has 34 heavy (non-hydrogen) atoms. The lowest BCUT2D eigenvalue weighted by molar-refractivity contribution is -0.123. The molecule has 0 saturated carbocycles. The Morgan fingerprint density at radius 2 is 1.71 bits per heavy atom. The number of carbonyl (C=O) groups excluding carboxylic acids is 2. The molecule has 0 saturated heterocycles. The molecule has 1 atom stereocenters. The van der Waals surface area contributed by atoms with Crippen molar-refractivity contribution in [2.24, 2.45) is 5.73 Å². The number of rotatable bonds is 10. The molecule has 8 N–H and O–H groups in total. The van der Waals surface area contributed by atoms with Gasteiger partial charge in [-0.25, -0.2) is 13.2 Å². The summed E-state index contributed by atoms with van der Waals surface area (Å²) in [5.41, 5.74) is 4.23. The second-order valence-electron chi connectivity index (χ2n) is 7.32. The summed E-state index contributed by atoms with van der Waals surface area (Å²) in [5, 5.41) is 48.0. The minimum atomic E-state index is -2.34. The van der Waals surface area contributed by atoms with Crippen LogP contribution in [0.3, 0.4) is 0 Å². The van der Waals surface area contributed by atoms with Crippen LogP contribution in [0.1, 0.15) is 22.3 Å². The van der Waals surface area contributed by atoms with Crippen molar-refractivity contribution in [2.45, 2.75) is 19.0 Å². The maximum Gasteiger partial charge on any atom is 0.491 e. The number of aliphatic hydroxyl groups excluding tert-OH is 1. The van der Waals surface area contributed by atoms with E-state index in [0.29, 0.717) is 6.07 Å². The van der Waals surface area contributed by atoms with E-state index in [-0.39, 0.29) is 29.6 Å². The Labute approximate surface area is 192 Å². The van der Waals surface area contributed by atoms with Crippen molar-refractivity contribution in [3.05, 3.63) is 58.9 Å². The van der Waals surface area contributed by atoms with Gasteiger partial charge in [-0.05, 0) is 41.7 Å². The number of hydrogen-bond donors (Lipinski definition) is 7. The summed E-state index contributed by atoms with van der Waals surface area (Å²) < 4.78 is 41.7. The van der Waals surface area contributed by atoms with Gasteiger partial charge < -0.3 is 41.2 Å². The molecule has 0 radical (unpaired) electrons. The molecular formula is C19H22B2F3N3O7. The van der Waals surface area contributed by atoms with E-state index >= 15 is 0 Å². The van der Waals surface area contributed by atoms with Gasteiger partial charge in [0.05, 0.1) is 6.04 Å². The first kappa shape index (κ1) is 27.3. The van der Waals surface area contributed by atoms with Crippen LogP contribution in [-0.2, 0) is 11.3 Å². The minimum Gasteiger partial charge on any atom is -0.423 e. The highest BCUT2D eigenvalue weighted by atomic mass is 19.2. The van der Waals surface area contributed by atoms with Crippen LogP contribution in [0.25, 0.3) is 0 Å². The van der Waals surface area contributed by atoms with Gasteiger partial charge >= 0.3 is 14.2 Å². The lowest BCUT2D eigenvalue weighted by atomic mass is 9.79. The monoisotopic (exact) mass is 483 g/mol. The predicted molar refractivity (Wildman–Crippen MR) is 115 cm³/mol. The lowest BCUT2D eigenvalue weighted by Crippen LogP contribution is -2.44. The van der Waals surface area contributed by atoms with Crippen molar-refractivity contribution in [3.63, 3.8) is 0 Å². The van der Waals surface area contributed by atoms with Crippen molar-refractivity contribution in [1.82, 2.24) is 10.2 Å². The number of carbonyl (C=O) groups is 2. The second kappa shape index (κ2) is 12.0. The third kappa shape index (κ3) is 7.03. The zero-order valence-corrected chi connectivity index (χ0v) is 17.7. The van der Waals surface area contributed by atoms with Crippen molar-refractivity contribution >= 4 is 37.0 Å². The standard InChI is InChI=1S/C19H22B2F3N3O7/c22-13-6-11(5-12(7-13)20(31)32)19(30)27(2-1-16(25)18(29)26-9-28)8-10-3-14(21(33)34)17(24)15(23)4-10/h3-7,16,28,31-34H,1-2,8-9,25H2,(H,26,29)/t16-/m0/s1. The number of nitrogens with two attached hydrogens (primary N) is 1. The Hall–Kier alpha value is -2.94. The predicted octanol–water partition coefficient (Wildman–Crippen LogP) is -3.11. The summed E-state index contributed by atoms with van der Waals surface area (Å²) in [6, 6.07) is 3.07. The highest BCUT2D eigenvalue weighted by Crippen LogP contribution is 2.15. The molecule has 0 aliphatic carbocycles. The van der Waals surface area contributed by atoms with Gasteiger partial charge in [0.2, 0.25) is 5.91 Å². The third-order valence-corrected chi connectivity index (χ3v) is 4.82. The molecule has 0 bridgehead atoms. The average molecular weight is 483 g/mol. The van der Waals surface area contributed by atoms with Crippen molar-refractivity contribution < 1.29 is 48.0 Å². The largest absolute Gasteiger partial charge is 0.491 e. The van der Waals surface area contributed by atoms with Crippen LogP contribution in [-0.4, -0.2) is 75.5 Å². The van der Waals surface area contributed by atoms with Crippen LogP contribution >= 0.6 is 0 Å². The first-order valence-electron chi connectivity index (χ1n) is 9.88. The van der Waals surface area contributed by atoms with Crippen LogP contribution in [0.15, 0.2) is 30.3 Å². The van der Waals surface area contributed by atoms with E-state index in [0.717, 1.165) is 29.2 Å². The molecule has 0 unspecified atom stereocenters. The quantitative estimate of drug-likeness (QED) is 0.137. The fraction of sp³-hybridized carbons (Fsp3) is 0.263. The van der Waals surface area contributed by atoms with Gasteiger partial charge in [-0.1, -0.05) is 6.07 Å². The third-order valence-electron chi connectivity index (χ3n) is 4.82. The van der Waals surface area contributed by atoms with Gasteiger partial charge in [0.15, 0.2) is 11.6 Å². The Kier molecular flexibility index (Phi) is 9.61. The molecule has 0 fully saturated rings. The van der Waals surface area contributed by atoms with Gasteiger partial charge in [0.1, 0.15) is 12.5 Å². The van der Waals surface area contributed by atoms with E-state index in [1.165, 1.54) is 0 Å². The Bertz CT molecular complexity index is 1050. The van der Waals surface area contributed by atoms with E-state index in [1.54, 1.807) is 0 Å². The van der Waals surface area contributed by atoms with E-state index in [9.17, 15) is 42.9 Å². The first-order chi connectivity index (χ1) is 15.9. The van der Waals surface area contributed by atoms with Gasteiger partial charge in [-0.3, -0.25) is 9.59 Å². The van der Waals surface area contributed by atoms with Crippen LogP contribution in [0.5, 0.6) is 0 Å². The molecular weight excluding hydrogens is 461 g/mol. The average Bonchev–Trinajstić information content (AvgIpc) is 2.77. The fourth-order valence-electron chi connectivity index (χ4n) is 3.12. The van der Waals surface area contributed by atoms with Gasteiger partial charge in [-0.15, -0.1) is 0 Å². The second-order valence-corrected chi connectivity index (χ2v) is 7.32. The summed E-state index contributed by atoms with van der Waals surface area (Å²) in [7, 11) is -4.42. The van der Waals surface area contributed by atoms with Crippen LogP contribution < -0.4 is 22.0 Å². The van der Waals surface area contributed by atoms with Crippen LogP contribution in [0.4, 0.5) is 13.2 Å². The van der Waals surface area contributed by atoms with Gasteiger partial charge in [-0.2, -0.15) is 0 Å². The Morgan fingerprint density at radius 3 is 2.29 bits per heavy atom. The van der Waals surface area contributed by atoms with E-state index in [2.05, 4.69) is 5.32 Å². The topological polar surface area (TPSA) is 177 Å². The Morgan fingerprint density at radius 1 is 1.03 bits per heavy atom. The summed E-state index contributed by atoms with van der Waals surface area (Å²) in [6.45, 7) is -1.38. The minimum absolute atomic E-state index is 0.0671. The van der Waals surface area contributed by atoms with E-state index in [1.807, 2.05) is 0 Å². The van der Waals surface area contributed by atoms with Crippen LogP contribution in [0, 0.1) is 17.5 Å². The number of hydrogen-bond acceptors (Lipinski definition) is 8. The summed E-state index contributed by atoms with van der Waals surface area (Å²) in [6.07, 6.45) is -0.165. The summed E-state index contributed by atoms with van der Waals surface area (Å²) >= 11 is 0. The molecule has 0 heterocycles. The molecule has 2 aromatic carbocycles. The van der Waals surface area contributed by atoms with Crippen molar-refractivity contribution in [3.8, 4) is 0 Å². The number of benzene rings is 2. The lowest BCUT2D eigenvalue weighted by Gasteiger charge is -2.25. The highest BCUT2D eigenvalue weighted by Gasteiger charge is 2.25. The molecule has 0 aromatic heterocycles. The highest BCUT2D eigenvalue weighted by molar-refractivity contribution is 6.59. The molecule has 0 aliphatic heterocycles. The van der Waals surface area contributed by atoms with Gasteiger partial charge in [0, 0.05) is 24.1 Å². The van der Waals surface area contributed by atoms with Crippen molar-refractivity contribution in [2.75, 3.05) is 13.3 Å². The smallest absolute Gasteiger partial charge is 0.423 e. The zero-order chi connectivity index (χ0) is 25.6. The molecule has 2 rings (SSSR count). The molecule has 0 aliphatic rings. The number of aliphatic hydroxyl groups is 1. The summed E-state index contributed by atoms with van der Waals surface area (Å²) in [5.74, 6) is -5.47. The molecule has 182 valence electrons.